The van der Waals surface area contributed by atoms with E-state index < -0.39 is 29.2 Å². The summed E-state index contributed by atoms with van der Waals surface area (Å²) in [5.41, 5.74) is -0.854. The zero-order valence-corrected chi connectivity index (χ0v) is 33.9. The van der Waals surface area contributed by atoms with E-state index in [0.29, 0.717) is 24.4 Å². The third kappa shape index (κ3) is 7.90. The minimum Gasteiger partial charge on any atom is -0.508 e. The maximum absolute atomic E-state index is 15.4. The number of aromatic hydroxyl groups is 1. The molecule has 0 unspecified atom stereocenters. The van der Waals surface area contributed by atoms with Crippen molar-refractivity contribution in [3.8, 4) is 29.9 Å². The highest BCUT2D eigenvalue weighted by Crippen LogP contribution is 2.43. The number of fused-ring (bicyclic) bond motifs is 2. The van der Waals surface area contributed by atoms with Crippen molar-refractivity contribution < 1.29 is 37.7 Å². The normalized spacial score (nSPS) is 24.1. The van der Waals surface area contributed by atoms with Gasteiger partial charge in [-0.25, -0.2) is 13.6 Å². The Balaban J connectivity index is 1.09. The van der Waals surface area contributed by atoms with Gasteiger partial charge in [0.15, 0.2) is 11.6 Å². The molecule has 2 N–H and O–H groups in total. The first-order valence-electron chi connectivity index (χ1n) is 20.7. The molecule has 13 nitrogen and oxygen atoms in total. The topological polar surface area (TPSA) is 133 Å². The van der Waals surface area contributed by atoms with Crippen molar-refractivity contribution in [2.24, 2.45) is 0 Å². The SMILES string of the molecule is C#Cc1c(F)ccc2cc(O)cc(N3Cc4nc(OC[C@]5(C)C[C@@H](F)CN5C5CCN(C6CCOCC6)CC5)nc(NCC5(N(C)C(=O)C=C)CCCC5)c4OC3=O)c12. The molecule has 3 aromatic rings. The number of likely N-dealkylation sites (N-methyl/N-ethyl adjacent to an activating group) is 1. The molecule has 3 saturated heterocycles. The first-order chi connectivity index (χ1) is 28.4. The van der Waals surface area contributed by atoms with E-state index in [1.165, 1.54) is 35.2 Å². The van der Waals surface area contributed by atoms with E-state index in [1.807, 2.05) is 6.92 Å². The first-order valence-corrected chi connectivity index (χ1v) is 20.7. The number of hydrogen-bond donors (Lipinski definition) is 2. The molecule has 2 aromatic carbocycles. The highest BCUT2D eigenvalue weighted by atomic mass is 19.1. The zero-order valence-electron chi connectivity index (χ0n) is 33.9. The van der Waals surface area contributed by atoms with Crippen LogP contribution in [0.25, 0.3) is 10.8 Å². The number of alkyl halides is 1. The Morgan fingerprint density at radius 1 is 1.17 bits per heavy atom. The maximum atomic E-state index is 15.4. The van der Waals surface area contributed by atoms with Crippen LogP contribution in [0.2, 0.25) is 0 Å². The Hall–Kier alpha value is -5.04. The van der Waals surface area contributed by atoms with Crippen molar-refractivity contribution in [3.63, 3.8) is 0 Å². The Morgan fingerprint density at radius 2 is 1.92 bits per heavy atom. The van der Waals surface area contributed by atoms with E-state index in [4.69, 9.17) is 30.6 Å². The van der Waals surface area contributed by atoms with E-state index in [2.05, 4.69) is 27.6 Å². The Kier molecular flexibility index (Phi) is 11.4. The molecule has 5 aliphatic rings. The number of nitrogens with zero attached hydrogens (tertiary/aromatic N) is 6. The highest BCUT2D eigenvalue weighted by Gasteiger charge is 2.47. The lowest BCUT2D eigenvalue weighted by molar-refractivity contribution is -0.129. The van der Waals surface area contributed by atoms with Crippen LogP contribution in [-0.4, -0.2) is 124 Å². The summed E-state index contributed by atoms with van der Waals surface area (Å²) < 4.78 is 48.4. The lowest BCUT2D eigenvalue weighted by Crippen LogP contribution is -2.55. The second-order valence-corrected chi connectivity index (χ2v) is 17.0. The number of hydrogen-bond acceptors (Lipinski definition) is 11. The minimum absolute atomic E-state index is 0.00547. The van der Waals surface area contributed by atoms with Crippen LogP contribution in [0, 0.1) is 18.2 Å². The van der Waals surface area contributed by atoms with Crippen molar-refractivity contribution >= 4 is 34.3 Å². The molecule has 2 atom stereocenters. The number of terminal acetylenes is 1. The molecule has 5 heterocycles. The van der Waals surface area contributed by atoms with Crippen molar-refractivity contribution in [2.75, 3.05) is 63.3 Å². The van der Waals surface area contributed by atoms with Gasteiger partial charge in [0.1, 0.15) is 30.0 Å². The van der Waals surface area contributed by atoms with E-state index >= 15 is 8.78 Å². The summed E-state index contributed by atoms with van der Waals surface area (Å²) in [5.74, 6) is 1.63. The number of carbonyl (C=O) groups excluding carboxylic acids is 2. The largest absolute Gasteiger partial charge is 0.508 e. The van der Waals surface area contributed by atoms with Crippen LogP contribution in [0.3, 0.4) is 0 Å². The summed E-state index contributed by atoms with van der Waals surface area (Å²) >= 11 is 0. The molecule has 0 spiro atoms. The second-order valence-electron chi connectivity index (χ2n) is 17.0. The number of rotatable bonds is 11. The number of nitrogens with one attached hydrogen (secondary N) is 1. The highest BCUT2D eigenvalue weighted by molar-refractivity contribution is 6.06. The smallest absolute Gasteiger partial charge is 0.420 e. The van der Waals surface area contributed by atoms with Gasteiger partial charge in [-0.15, -0.1) is 6.42 Å². The maximum Gasteiger partial charge on any atom is 0.420 e. The number of ether oxygens (including phenoxy) is 3. The molecule has 314 valence electrons. The van der Waals surface area contributed by atoms with Crippen LogP contribution < -0.4 is 19.7 Å². The van der Waals surface area contributed by atoms with E-state index in [9.17, 15) is 14.7 Å². The van der Waals surface area contributed by atoms with Crippen molar-refractivity contribution in [2.45, 2.75) is 101 Å². The second kappa shape index (κ2) is 16.5. The number of halogens is 2. The molecule has 15 heteroatoms. The van der Waals surface area contributed by atoms with Gasteiger partial charge in [0.05, 0.1) is 28.9 Å². The van der Waals surface area contributed by atoms with Crippen LogP contribution in [0.5, 0.6) is 17.5 Å². The van der Waals surface area contributed by atoms with Crippen LogP contribution in [-0.2, 0) is 16.1 Å². The van der Waals surface area contributed by atoms with Gasteiger partial charge in [0.25, 0.3) is 0 Å². The van der Waals surface area contributed by atoms with Gasteiger partial charge < -0.3 is 34.4 Å². The van der Waals surface area contributed by atoms with Gasteiger partial charge in [-0.3, -0.25) is 14.6 Å². The predicted octanol–water partition coefficient (Wildman–Crippen LogP) is 6.17. The molecular weight excluding hydrogens is 761 g/mol. The average Bonchev–Trinajstić information content (AvgIpc) is 3.85. The van der Waals surface area contributed by atoms with Crippen LogP contribution >= 0.6 is 0 Å². The Labute approximate surface area is 343 Å². The third-order valence-electron chi connectivity index (χ3n) is 13.3. The summed E-state index contributed by atoms with van der Waals surface area (Å²) in [5, 5.41) is 14.8. The first kappa shape index (κ1) is 40.7. The van der Waals surface area contributed by atoms with Crippen LogP contribution in [0.1, 0.15) is 76.0 Å². The molecule has 59 heavy (non-hydrogen) atoms. The number of carbonyl (C=O) groups is 2. The fourth-order valence-electron chi connectivity index (χ4n) is 10.1. The van der Waals surface area contributed by atoms with Crippen LogP contribution in [0.15, 0.2) is 36.9 Å². The molecular formula is C44H53F2N7O6. The van der Waals surface area contributed by atoms with E-state index in [1.54, 1.807) is 11.9 Å². The number of amides is 2. The van der Waals surface area contributed by atoms with Crippen molar-refractivity contribution in [1.82, 2.24) is 24.7 Å². The monoisotopic (exact) mass is 813 g/mol. The summed E-state index contributed by atoms with van der Waals surface area (Å²) in [7, 11) is 1.76. The number of piperidine rings is 1. The number of phenols is 1. The summed E-state index contributed by atoms with van der Waals surface area (Å²) in [6.45, 7) is 9.77. The lowest BCUT2D eigenvalue weighted by Gasteiger charge is -2.45. The van der Waals surface area contributed by atoms with Gasteiger partial charge in [0.2, 0.25) is 5.91 Å². The zero-order chi connectivity index (χ0) is 41.5. The quantitative estimate of drug-likeness (QED) is 0.170. The van der Waals surface area contributed by atoms with Gasteiger partial charge in [0, 0.05) is 63.3 Å². The van der Waals surface area contributed by atoms with Crippen molar-refractivity contribution in [3.05, 3.63) is 54.0 Å². The molecule has 0 radical (unpaired) electrons. The number of likely N-dealkylation sites (tertiary alicyclic amines) is 2. The fourth-order valence-corrected chi connectivity index (χ4v) is 10.1. The molecule has 1 aromatic heterocycles. The minimum atomic E-state index is -1.01. The predicted molar refractivity (Wildman–Crippen MR) is 219 cm³/mol. The molecule has 2 amide bonds. The molecule has 4 aliphatic heterocycles. The summed E-state index contributed by atoms with van der Waals surface area (Å²) in [6, 6.07) is 6.19. The Morgan fingerprint density at radius 3 is 2.63 bits per heavy atom. The lowest BCUT2D eigenvalue weighted by atomic mass is 9.93. The molecule has 1 aliphatic carbocycles. The van der Waals surface area contributed by atoms with Crippen LogP contribution in [0.4, 0.5) is 25.1 Å². The standard InChI is InChI=1S/C44H53F2N7O6/c1-5-33-34(46)10-9-28-21-32(54)22-36(38(28)33)52-25-35-39(59-42(52)56)40(47-26-44(15-7-8-16-44)50(4)37(55)6-2)49-41(48-35)58-27-43(3)23-29(45)24-53(43)31-11-17-51(18-12-31)30-13-19-57-20-14-30/h1,6,9-10,21-22,29-31,54H,2,7-8,11-20,23-27H2,3-4H3,(H,47,48,49)/t29-,43+/m1/s1. The fraction of sp³-hybridized carbons (Fsp3) is 0.545. The van der Waals surface area contributed by atoms with Crippen molar-refractivity contribution in [1.29, 1.82) is 0 Å². The average molecular weight is 814 g/mol. The molecule has 0 bridgehead atoms. The summed E-state index contributed by atoms with van der Waals surface area (Å²) in [4.78, 5) is 44.0. The number of benzene rings is 2. The van der Waals surface area contributed by atoms with Gasteiger partial charge in [-0.1, -0.05) is 31.4 Å². The van der Waals surface area contributed by atoms with E-state index in [0.717, 1.165) is 77.7 Å². The van der Waals surface area contributed by atoms with Gasteiger partial charge >= 0.3 is 12.1 Å². The van der Waals surface area contributed by atoms with Gasteiger partial charge in [-0.2, -0.15) is 9.97 Å². The van der Waals surface area contributed by atoms with E-state index in [-0.39, 0.29) is 77.3 Å². The molecule has 8 rings (SSSR count). The number of phenolic OH excluding ortho intramolecular Hbond substituents is 1. The number of aromatic nitrogens is 2. The van der Waals surface area contributed by atoms with Gasteiger partial charge in [-0.05, 0) is 82.1 Å². The third-order valence-corrected chi connectivity index (χ3v) is 13.3. The summed E-state index contributed by atoms with van der Waals surface area (Å²) in [6.07, 6.45) is 12.8. The Bertz CT molecular complexity index is 2150. The molecule has 4 fully saturated rings. The molecule has 1 saturated carbocycles. The number of anilines is 2.